The first kappa shape index (κ1) is 9.99. The van der Waals surface area contributed by atoms with Gasteiger partial charge in [-0.1, -0.05) is 18.2 Å². The molecule has 0 saturated heterocycles. The minimum atomic E-state index is -3.08. The second-order valence-corrected chi connectivity index (χ2v) is 4.93. The first-order valence-electron chi connectivity index (χ1n) is 3.94. The van der Waals surface area contributed by atoms with Crippen molar-refractivity contribution in [3.8, 4) is 0 Å². The molecular formula is C10H12O2S. The van der Waals surface area contributed by atoms with Gasteiger partial charge in [-0.25, -0.2) is 8.42 Å². The molecular weight excluding hydrogens is 184 g/mol. The fourth-order valence-electron chi connectivity index (χ4n) is 1.07. The highest BCUT2D eigenvalue weighted by Crippen LogP contribution is 2.11. The highest BCUT2D eigenvalue weighted by atomic mass is 32.2. The standard InChI is InChI=1S/C10H12O2S/c1-3-5-9-6-4-7-10(8-9)13(2,11)12/h3-4,6-8H,1,5H2,2H3. The molecule has 0 bridgehead atoms. The van der Waals surface area contributed by atoms with Crippen LogP contribution in [0.3, 0.4) is 0 Å². The van der Waals surface area contributed by atoms with E-state index in [-0.39, 0.29) is 0 Å². The molecule has 0 aliphatic carbocycles. The highest BCUT2D eigenvalue weighted by Gasteiger charge is 2.05. The van der Waals surface area contributed by atoms with Crippen LogP contribution in [0.15, 0.2) is 41.8 Å². The van der Waals surface area contributed by atoms with Crippen LogP contribution in [0.4, 0.5) is 0 Å². The molecule has 0 unspecified atom stereocenters. The summed E-state index contributed by atoms with van der Waals surface area (Å²) in [5.74, 6) is 0. The Balaban J connectivity index is 3.13. The lowest BCUT2D eigenvalue weighted by Gasteiger charge is -2.00. The Morgan fingerprint density at radius 1 is 1.46 bits per heavy atom. The van der Waals surface area contributed by atoms with Gasteiger partial charge >= 0.3 is 0 Å². The normalized spacial score (nSPS) is 11.2. The zero-order chi connectivity index (χ0) is 9.90. The summed E-state index contributed by atoms with van der Waals surface area (Å²) in [6, 6.07) is 6.91. The summed E-state index contributed by atoms with van der Waals surface area (Å²) in [6.45, 7) is 3.60. The maximum Gasteiger partial charge on any atom is 0.175 e. The molecule has 0 N–H and O–H groups in total. The van der Waals surface area contributed by atoms with Crippen LogP contribution < -0.4 is 0 Å². The van der Waals surface area contributed by atoms with Crippen molar-refractivity contribution in [1.82, 2.24) is 0 Å². The Kier molecular flexibility index (Phi) is 2.88. The molecule has 0 aromatic heterocycles. The summed E-state index contributed by atoms with van der Waals surface area (Å²) in [5, 5.41) is 0. The van der Waals surface area contributed by atoms with Gasteiger partial charge in [-0.2, -0.15) is 0 Å². The summed E-state index contributed by atoms with van der Waals surface area (Å²) in [7, 11) is -3.08. The van der Waals surface area contributed by atoms with Gasteiger partial charge in [-0.15, -0.1) is 6.58 Å². The van der Waals surface area contributed by atoms with Crippen molar-refractivity contribution in [3.63, 3.8) is 0 Å². The van der Waals surface area contributed by atoms with Crippen LogP contribution in [-0.4, -0.2) is 14.7 Å². The third-order valence-corrected chi connectivity index (χ3v) is 2.82. The molecule has 13 heavy (non-hydrogen) atoms. The lowest BCUT2D eigenvalue weighted by molar-refractivity contribution is 0.602. The predicted octanol–water partition coefficient (Wildman–Crippen LogP) is 1.82. The summed E-state index contributed by atoms with van der Waals surface area (Å²) >= 11 is 0. The molecule has 3 heteroatoms. The van der Waals surface area contributed by atoms with E-state index in [9.17, 15) is 8.42 Å². The van der Waals surface area contributed by atoms with Gasteiger partial charge in [0, 0.05) is 6.26 Å². The summed E-state index contributed by atoms with van der Waals surface area (Å²) in [4.78, 5) is 0.367. The smallest absolute Gasteiger partial charge is 0.175 e. The Morgan fingerprint density at radius 2 is 2.15 bits per heavy atom. The molecule has 0 fully saturated rings. The van der Waals surface area contributed by atoms with E-state index in [1.54, 1.807) is 24.3 Å². The average Bonchev–Trinajstić information content (AvgIpc) is 2.04. The van der Waals surface area contributed by atoms with Gasteiger partial charge in [0.2, 0.25) is 0 Å². The Bertz CT molecular complexity index is 405. The Labute approximate surface area is 78.8 Å². The summed E-state index contributed by atoms with van der Waals surface area (Å²) < 4.78 is 22.3. The predicted molar refractivity (Wildman–Crippen MR) is 53.5 cm³/mol. The number of allylic oxidation sites excluding steroid dienone is 1. The fourth-order valence-corrected chi connectivity index (χ4v) is 1.76. The second-order valence-electron chi connectivity index (χ2n) is 2.91. The van der Waals surface area contributed by atoms with E-state index in [1.807, 2.05) is 6.07 Å². The molecule has 0 aliphatic heterocycles. The molecule has 0 spiro atoms. The van der Waals surface area contributed by atoms with E-state index in [0.717, 1.165) is 5.56 Å². The average molecular weight is 196 g/mol. The molecule has 0 amide bonds. The SMILES string of the molecule is C=CCc1cccc(S(C)(=O)=O)c1. The number of rotatable bonds is 3. The van der Waals surface area contributed by atoms with Gasteiger partial charge in [0.25, 0.3) is 0 Å². The van der Waals surface area contributed by atoms with E-state index in [4.69, 9.17) is 0 Å². The van der Waals surface area contributed by atoms with Crippen molar-refractivity contribution < 1.29 is 8.42 Å². The van der Waals surface area contributed by atoms with Crippen LogP contribution in [0.1, 0.15) is 5.56 Å². The molecule has 0 atom stereocenters. The van der Waals surface area contributed by atoms with Crippen molar-refractivity contribution in [1.29, 1.82) is 0 Å². The maximum atomic E-state index is 11.2. The van der Waals surface area contributed by atoms with E-state index >= 15 is 0 Å². The molecule has 1 aromatic carbocycles. The van der Waals surface area contributed by atoms with Crippen LogP contribution >= 0.6 is 0 Å². The largest absolute Gasteiger partial charge is 0.224 e. The van der Waals surface area contributed by atoms with E-state index in [2.05, 4.69) is 6.58 Å². The number of sulfone groups is 1. The van der Waals surface area contributed by atoms with Gasteiger partial charge in [-0.3, -0.25) is 0 Å². The topological polar surface area (TPSA) is 34.1 Å². The van der Waals surface area contributed by atoms with E-state index in [0.29, 0.717) is 11.3 Å². The van der Waals surface area contributed by atoms with Crippen molar-refractivity contribution >= 4 is 9.84 Å². The lowest BCUT2D eigenvalue weighted by atomic mass is 10.2. The van der Waals surface area contributed by atoms with Crippen molar-refractivity contribution in [2.24, 2.45) is 0 Å². The van der Waals surface area contributed by atoms with Gasteiger partial charge in [0.15, 0.2) is 9.84 Å². The zero-order valence-electron chi connectivity index (χ0n) is 7.53. The molecule has 0 saturated carbocycles. The van der Waals surface area contributed by atoms with Crippen LogP contribution in [0.5, 0.6) is 0 Å². The lowest BCUT2D eigenvalue weighted by Crippen LogP contribution is -1.97. The van der Waals surface area contributed by atoms with Gasteiger partial charge in [0.1, 0.15) is 0 Å². The molecule has 1 rings (SSSR count). The summed E-state index contributed by atoms with van der Waals surface area (Å²) in [5.41, 5.74) is 0.970. The zero-order valence-corrected chi connectivity index (χ0v) is 8.34. The van der Waals surface area contributed by atoms with Gasteiger partial charge in [-0.05, 0) is 24.1 Å². The van der Waals surface area contributed by atoms with Gasteiger partial charge in [0.05, 0.1) is 4.90 Å². The minimum Gasteiger partial charge on any atom is -0.224 e. The third kappa shape index (κ3) is 2.70. The quantitative estimate of drug-likeness (QED) is 0.691. The summed E-state index contributed by atoms with van der Waals surface area (Å²) in [6.07, 6.45) is 3.66. The molecule has 0 aliphatic rings. The fraction of sp³-hybridized carbons (Fsp3) is 0.200. The van der Waals surface area contributed by atoms with E-state index < -0.39 is 9.84 Å². The highest BCUT2D eigenvalue weighted by molar-refractivity contribution is 7.90. The second kappa shape index (κ2) is 3.75. The van der Waals surface area contributed by atoms with Crippen molar-refractivity contribution in [2.75, 3.05) is 6.26 Å². The molecule has 0 radical (unpaired) electrons. The first-order valence-corrected chi connectivity index (χ1v) is 5.83. The van der Waals surface area contributed by atoms with Gasteiger partial charge < -0.3 is 0 Å². The van der Waals surface area contributed by atoms with Crippen molar-refractivity contribution in [3.05, 3.63) is 42.5 Å². The number of benzene rings is 1. The van der Waals surface area contributed by atoms with Crippen LogP contribution in [-0.2, 0) is 16.3 Å². The van der Waals surface area contributed by atoms with Crippen LogP contribution in [0.25, 0.3) is 0 Å². The minimum absolute atomic E-state index is 0.367. The maximum absolute atomic E-state index is 11.2. The molecule has 70 valence electrons. The molecule has 2 nitrogen and oxygen atoms in total. The molecule has 0 heterocycles. The third-order valence-electron chi connectivity index (χ3n) is 1.71. The van der Waals surface area contributed by atoms with Crippen molar-refractivity contribution in [2.45, 2.75) is 11.3 Å². The monoisotopic (exact) mass is 196 g/mol. The van der Waals surface area contributed by atoms with E-state index in [1.165, 1.54) is 6.26 Å². The van der Waals surface area contributed by atoms with Crippen LogP contribution in [0.2, 0.25) is 0 Å². The molecule has 1 aromatic rings. The Morgan fingerprint density at radius 3 is 2.69 bits per heavy atom. The Hall–Kier alpha value is -1.09. The van der Waals surface area contributed by atoms with Crippen LogP contribution in [0, 0.1) is 0 Å². The number of hydrogen-bond acceptors (Lipinski definition) is 2. The first-order chi connectivity index (χ1) is 6.04. The number of hydrogen-bond donors (Lipinski definition) is 0.